The highest BCUT2D eigenvalue weighted by Crippen LogP contribution is 2.19. The van der Waals surface area contributed by atoms with Crippen molar-refractivity contribution >= 4 is 11.8 Å². The Bertz CT molecular complexity index is 355. The molecule has 0 saturated heterocycles. The lowest BCUT2D eigenvalue weighted by Gasteiger charge is -2.12. The molecule has 5 heteroatoms. The van der Waals surface area contributed by atoms with Crippen molar-refractivity contribution in [1.29, 1.82) is 0 Å². The fourth-order valence-electron chi connectivity index (χ4n) is 1.52. The van der Waals surface area contributed by atoms with Gasteiger partial charge in [0.2, 0.25) is 0 Å². The Morgan fingerprint density at radius 2 is 2.21 bits per heavy atom. The Hall–Kier alpha value is -1.52. The summed E-state index contributed by atoms with van der Waals surface area (Å²) >= 11 is 0. The zero-order valence-electron chi connectivity index (χ0n) is 8.61. The predicted octanol–water partition coefficient (Wildman–Crippen LogP) is 1.31. The number of nitrogen functional groups attached to an aromatic ring is 1. The number of nitrogens with two attached hydrogens (primary N) is 1. The summed E-state index contributed by atoms with van der Waals surface area (Å²) < 4.78 is 1.66. The highest BCUT2D eigenvalue weighted by molar-refractivity contribution is 5.91. The van der Waals surface area contributed by atoms with Gasteiger partial charge in [0.25, 0.3) is 0 Å². The lowest BCUT2D eigenvalue weighted by Crippen LogP contribution is -2.14. The van der Waals surface area contributed by atoms with Crippen molar-refractivity contribution in [2.75, 3.05) is 5.73 Å². The number of carbonyl (C=O) groups is 1. The Labute approximate surface area is 82.6 Å². The number of anilines is 1. The molecule has 78 valence electrons. The summed E-state index contributed by atoms with van der Waals surface area (Å²) in [5.41, 5.74) is 5.64. The molecule has 0 spiro atoms. The van der Waals surface area contributed by atoms with E-state index in [9.17, 15) is 4.79 Å². The van der Waals surface area contributed by atoms with Crippen LogP contribution in [0, 0.1) is 0 Å². The van der Waals surface area contributed by atoms with E-state index in [0.29, 0.717) is 6.42 Å². The van der Waals surface area contributed by atoms with Gasteiger partial charge in [-0.2, -0.15) is 0 Å². The largest absolute Gasteiger partial charge is 0.476 e. The number of rotatable bonds is 3. The summed E-state index contributed by atoms with van der Waals surface area (Å²) in [6, 6.07) is 0.0563. The number of carboxylic acids is 1. The number of aryl methyl sites for hydroxylation is 1. The van der Waals surface area contributed by atoms with Crippen LogP contribution >= 0.6 is 0 Å². The van der Waals surface area contributed by atoms with Gasteiger partial charge in [-0.15, -0.1) is 0 Å². The van der Waals surface area contributed by atoms with Crippen molar-refractivity contribution in [1.82, 2.24) is 9.55 Å². The van der Waals surface area contributed by atoms with E-state index >= 15 is 0 Å². The molecule has 0 aliphatic carbocycles. The van der Waals surface area contributed by atoms with E-state index < -0.39 is 5.97 Å². The first-order chi connectivity index (χ1) is 6.49. The second-order valence-corrected chi connectivity index (χ2v) is 3.38. The fraction of sp³-hybridized carbons (Fsp3) is 0.556. The van der Waals surface area contributed by atoms with Crippen LogP contribution in [0.5, 0.6) is 0 Å². The SMILES string of the molecule is CCc1nc(N)c(C(=O)O)n1C(C)C. The maximum absolute atomic E-state index is 10.9. The van der Waals surface area contributed by atoms with Crippen molar-refractivity contribution in [2.45, 2.75) is 33.2 Å². The summed E-state index contributed by atoms with van der Waals surface area (Å²) in [4.78, 5) is 15.0. The minimum absolute atomic E-state index is 0.0563. The van der Waals surface area contributed by atoms with Gasteiger partial charge in [-0.05, 0) is 13.8 Å². The van der Waals surface area contributed by atoms with Crippen LogP contribution in [-0.4, -0.2) is 20.6 Å². The van der Waals surface area contributed by atoms with Crippen LogP contribution in [-0.2, 0) is 6.42 Å². The summed E-state index contributed by atoms with van der Waals surface area (Å²) in [6.07, 6.45) is 0.676. The van der Waals surface area contributed by atoms with Crippen molar-refractivity contribution < 1.29 is 9.90 Å². The molecule has 1 heterocycles. The molecule has 0 bridgehead atoms. The summed E-state index contributed by atoms with van der Waals surface area (Å²) in [7, 11) is 0. The average Bonchev–Trinajstić information content (AvgIpc) is 2.41. The van der Waals surface area contributed by atoms with Gasteiger partial charge < -0.3 is 15.4 Å². The second-order valence-electron chi connectivity index (χ2n) is 3.38. The summed E-state index contributed by atoms with van der Waals surface area (Å²) in [6.45, 7) is 5.74. The Kier molecular flexibility index (Phi) is 2.78. The molecule has 0 unspecified atom stereocenters. The maximum atomic E-state index is 10.9. The Balaban J connectivity index is 3.38. The van der Waals surface area contributed by atoms with Crippen molar-refractivity contribution in [3.05, 3.63) is 11.5 Å². The van der Waals surface area contributed by atoms with E-state index in [0.717, 1.165) is 5.82 Å². The van der Waals surface area contributed by atoms with E-state index in [-0.39, 0.29) is 17.6 Å². The topological polar surface area (TPSA) is 81.1 Å². The van der Waals surface area contributed by atoms with E-state index in [4.69, 9.17) is 10.8 Å². The van der Waals surface area contributed by atoms with E-state index in [1.54, 1.807) is 4.57 Å². The number of aromatic carboxylic acids is 1. The van der Waals surface area contributed by atoms with Crippen LogP contribution in [0.2, 0.25) is 0 Å². The van der Waals surface area contributed by atoms with Crippen molar-refractivity contribution in [3.63, 3.8) is 0 Å². The predicted molar refractivity (Wildman–Crippen MR) is 53.4 cm³/mol. The van der Waals surface area contributed by atoms with Crippen LogP contribution in [0.3, 0.4) is 0 Å². The normalized spacial score (nSPS) is 10.9. The van der Waals surface area contributed by atoms with Gasteiger partial charge in [-0.3, -0.25) is 0 Å². The molecular weight excluding hydrogens is 182 g/mol. The van der Waals surface area contributed by atoms with E-state index in [1.165, 1.54) is 0 Å². The molecule has 5 nitrogen and oxygen atoms in total. The first kappa shape index (κ1) is 10.6. The minimum atomic E-state index is -1.02. The molecule has 1 rings (SSSR count). The third kappa shape index (κ3) is 1.57. The molecule has 0 radical (unpaired) electrons. The number of nitrogens with zero attached hydrogens (tertiary/aromatic N) is 2. The van der Waals surface area contributed by atoms with E-state index in [1.807, 2.05) is 20.8 Å². The molecule has 14 heavy (non-hydrogen) atoms. The Morgan fingerprint density at radius 3 is 2.57 bits per heavy atom. The third-order valence-electron chi connectivity index (χ3n) is 2.05. The molecule has 0 atom stereocenters. The van der Waals surface area contributed by atoms with Crippen LogP contribution < -0.4 is 5.73 Å². The first-order valence-electron chi connectivity index (χ1n) is 4.58. The molecule has 0 aliphatic heterocycles. The van der Waals surface area contributed by atoms with Gasteiger partial charge in [0.05, 0.1) is 0 Å². The molecular formula is C9H15N3O2. The monoisotopic (exact) mass is 197 g/mol. The van der Waals surface area contributed by atoms with Crippen LogP contribution in [0.25, 0.3) is 0 Å². The average molecular weight is 197 g/mol. The quantitative estimate of drug-likeness (QED) is 0.765. The minimum Gasteiger partial charge on any atom is -0.476 e. The van der Waals surface area contributed by atoms with Gasteiger partial charge in [0, 0.05) is 12.5 Å². The summed E-state index contributed by atoms with van der Waals surface area (Å²) in [5.74, 6) is -0.207. The smallest absolute Gasteiger partial charge is 0.356 e. The number of aromatic nitrogens is 2. The van der Waals surface area contributed by atoms with Gasteiger partial charge >= 0.3 is 5.97 Å². The molecule has 1 aromatic heterocycles. The highest BCUT2D eigenvalue weighted by atomic mass is 16.4. The molecule has 0 aromatic carbocycles. The maximum Gasteiger partial charge on any atom is 0.356 e. The van der Waals surface area contributed by atoms with Crippen molar-refractivity contribution in [3.8, 4) is 0 Å². The fourth-order valence-corrected chi connectivity index (χ4v) is 1.52. The number of carboxylic acid groups (broad SMARTS) is 1. The molecule has 3 N–H and O–H groups in total. The zero-order chi connectivity index (χ0) is 10.9. The molecule has 0 amide bonds. The number of hydrogen-bond acceptors (Lipinski definition) is 3. The summed E-state index contributed by atoms with van der Waals surface area (Å²) in [5, 5.41) is 8.96. The lowest BCUT2D eigenvalue weighted by atomic mass is 10.3. The standard InChI is InChI=1S/C9H15N3O2/c1-4-6-11-8(10)7(9(13)14)12(6)5(2)3/h5H,4,10H2,1-3H3,(H,13,14). The van der Waals surface area contributed by atoms with Crippen molar-refractivity contribution in [2.24, 2.45) is 0 Å². The van der Waals surface area contributed by atoms with Crippen LogP contribution in [0.4, 0.5) is 5.82 Å². The number of imidazole rings is 1. The Morgan fingerprint density at radius 1 is 1.64 bits per heavy atom. The van der Waals surface area contributed by atoms with Crippen LogP contribution in [0.1, 0.15) is 43.1 Å². The van der Waals surface area contributed by atoms with Gasteiger partial charge in [-0.1, -0.05) is 6.92 Å². The molecule has 0 aliphatic rings. The second kappa shape index (κ2) is 3.69. The van der Waals surface area contributed by atoms with Gasteiger partial charge in [-0.25, -0.2) is 9.78 Å². The zero-order valence-corrected chi connectivity index (χ0v) is 8.61. The first-order valence-corrected chi connectivity index (χ1v) is 4.58. The lowest BCUT2D eigenvalue weighted by molar-refractivity contribution is 0.0684. The van der Waals surface area contributed by atoms with E-state index in [2.05, 4.69) is 4.98 Å². The molecule has 0 fully saturated rings. The third-order valence-corrected chi connectivity index (χ3v) is 2.05. The number of hydrogen-bond donors (Lipinski definition) is 2. The molecule has 0 saturated carbocycles. The highest BCUT2D eigenvalue weighted by Gasteiger charge is 2.21. The molecule has 1 aromatic rings. The van der Waals surface area contributed by atoms with Crippen LogP contribution in [0.15, 0.2) is 0 Å². The van der Waals surface area contributed by atoms with Gasteiger partial charge in [0.1, 0.15) is 5.82 Å². The van der Waals surface area contributed by atoms with Gasteiger partial charge in [0.15, 0.2) is 11.5 Å².